The minimum absolute atomic E-state index is 0.545. The molecule has 6 heteroatoms. The Kier molecular flexibility index (Phi) is 7.80. The standard InChI is InChI=1S/C57H35N5O/c1-3-15-36(16-4-1)39-20-14-22-42(34-39)61-49-26-10-7-23-43(49)46-30-31-47-44-24-8-11-27-50(44)62(54(47)53(46)61)57-59-55(37-17-5-2-6-18-37)58-56(60-57)41-21-13-19-38(33-41)40-29-32-52-48(35-40)45-25-9-12-28-51(45)63-52/h1-35H. The molecule has 6 nitrogen and oxygen atoms in total. The van der Waals surface area contributed by atoms with Crippen molar-refractivity contribution in [3.05, 3.63) is 212 Å². The van der Waals surface area contributed by atoms with Crippen LogP contribution < -0.4 is 0 Å². The first-order valence-corrected chi connectivity index (χ1v) is 21.2. The minimum atomic E-state index is 0.545. The number of benzene rings is 9. The lowest BCUT2D eigenvalue weighted by atomic mass is 10.0. The predicted octanol–water partition coefficient (Wildman–Crippen LogP) is 14.6. The second-order valence-corrected chi connectivity index (χ2v) is 16.0. The first kappa shape index (κ1) is 35.2. The van der Waals surface area contributed by atoms with Gasteiger partial charge >= 0.3 is 0 Å². The van der Waals surface area contributed by atoms with E-state index in [1.54, 1.807) is 0 Å². The molecule has 0 bridgehead atoms. The van der Waals surface area contributed by atoms with E-state index in [-0.39, 0.29) is 0 Å². The third-order valence-electron chi connectivity index (χ3n) is 12.4. The Bertz CT molecular complexity index is 3920. The van der Waals surface area contributed by atoms with Crippen molar-refractivity contribution >= 4 is 65.6 Å². The van der Waals surface area contributed by atoms with Crippen molar-refractivity contribution in [2.75, 3.05) is 0 Å². The molecule has 13 rings (SSSR count). The Morgan fingerprint density at radius 2 is 0.825 bits per heavy atom. The topological polar surface area (TPSA) is 61.7 Å². The van der Waals surface area contributed by atoms with Crippen molar-refractivity contribution in [1.29, 1.82) is 0 Å². The Morgan fingerprint density at radius 3 is 1.57 bits per heavy atom. The molecule has 0 aliphatic carbocycles. The normalized spacial score (nSPS) is 11.8. The summed E-state index contributed by atoms with van der Waals surface area (Å²) in [5, 5.41) is 6.76. The van der Waals surface area contributed by atoms with Crippen LogP contribution >= 0.6 is 0 Å². The van der Waals surface area contributed by atoms with Crippen molar-refractivity contribution in [3.8, 4) is 56.7 Å². The van der Waals surface area contributed by atoms with Crippen molar-refractivity contribution < 1.29 is 4.42 Å². The first-order chi connectivity index (χ1) is 31.2. The molecule has 4 heterocycles. The fraction of sp³-hybridized carbons (Fsp3) is 0. The zero-order chi connectivity index (χ0) is 41.4. The monoisotopic (exact) mass is 805 g/mol. The van der Waals surface area contributed by atoms with Crippen LogP contribution in [-0.2, 0) is 0 Å². The van der Waals surface area contributed by atoms with Gasteiger partial charge in [-0.1, -0.05) is 164 Å². The van der Waals surface area contributed by atoms with Gasteiger partial charge in [-0.05, 0) is 70.8 Å². The Labute approximate surface area is 361 Å². The van der Waals surface area contributed by atoms with Crippen LogP contribution in [0.25, 0.3) is 122 Å². The Morgan fingerprint density at radius 1 is 0.302 bits per heavy atom. The molecule has 0 fully saturated rings. The second kappa shape index (κ2) is 14.0. The summed E-state index contributed by atoms with van der Waals surface area (Å²) in [5.41, 5.74) is 13.4. The molecule has 13 aromatic rings. The van der Waals surface area contributed by atoms with E-state index >= 15 is 0 Å². The maximum absolute atomic E-state index is 6.17. The maximum atomic E-state index is 6.17. The van der Waals surface area contributed by atoms with Gasteiger partial charge in [-0.25, -0.2) is 4.98 Å². The van der Waals surface area contributed by atoms with Crippen molar-refractivity contribution in [1.82, 2.24) is 24.1 Å². The van der Waals surface area contributed by atoms with Crippen molar-refractivity contribution in [2.24, 2.45) is 0 Å². The van der Waals surface area contributed by atoms with Gasteiger partial charge in [0.2, 0.25) is 5.95 Å². The fourth-order valence-corrected chi connectivity index (χ4v) is 9.49. The van der Waals surface area contributed by atoms with E-state index in [0.29, 0.717) is 17.6 Å². The van der Waals surface area contributed by atoms with Crippen LogP contribution in [0.15, 0.2) is 217 Å². The van der Waals surface area contributed by atoms with Crippen molar-refractivity contribution in [3.63, 3.8) is 0 Å². The summed E-state index contributed by atoms with van der Waals surface area (Å²) >= 11 is 0. The molecule has 294 valence electrons. The van der Waals surface area contributed by atoms with E-state index in [4.69, 9.17) is 19.4 Å². The molecular formula is C57H35N5O. The molecule has 0 saturated carbocycles. The van der Waals surface area contributed by atoms with Gasteiger partial charge in [0.1, 0.15) is 11.2 Å². The van der Waals surface area contributed by atoms with E-state index in [0.717, 1.165) is 93.7 Å². The highest BCUT2D eigenvalue weighted by Gasteiger charge is 2.24. The number of fused-ring (bicyclic) bond motifs is 10. The van der Waals surface area contributed by atoms with Crippen LogP contribution in [0, 0.1) is 0 Å². The molecule has 0 atom stereocenters. The second-order valence-electron chi connectivity index (χ2n) is 16.0. The van der Waals surface area contributed by atoms with Gasteiger partial charge in [0, 0.05) is 49.1 Å². The zero-order valence-corrected chi connectivity index (χ0v) is 33.9. The quantitative estimate of drug-likeness (QED) is 0.168. The number of furan rings is 1. The van der Waals surface area contributed by atoms with Crippen LogP contribution in [-0.4, -0.2) is 24.1 Å². The van der Waals surface area contributed by atoms with E-state index in [2.05, 4.69) is 191 Å². The van der Waals surface area contributed by atoms with Gasteiger partial charge in [0.15, 0.2) is 11.6 Å². The summed E-state index contributed by atoms with van der Waals surface area (Å²) in [5.74, 6) is 1.73. The molecule has 0 N–H and O–H groups in total. The molecule has 4 aromatic heterocycles. The van der Waals surface area contributed by atoms with Crippen LogP contribution in [0.5, 0.6) is 0 Å². The Hall–Kier alpha value is -8.61. The van der Waals surface area contributed by atoms with Crippen LogP contribution in [0.2, 0.25) is 0 Å². The summed E-state index contributed by atoms with van der Waals surface area (Å²) in [7, 11) is 0. The third-order valence-corrected chi connectivity index (χ3v) is 12.4. The van der Waals surface area contributed by atoms with Crippen LogP contribution in [0.4, 0.5) is 0 Å². The SMILES string of the molecule is c1ccc(-c2cccc(-n3c4ccccc4c4ccc5c6ccccc6n(-c6nc(-c7ccccc7)nc(-c7cccc(-c8ccc9oc%10ccccc%10c9c8)c7)n6)c5c43)c2)cc1. The molecule has 0 unspecified atom stereocenters. The molecule has 0 radical (unpaired) electrons. The molecule has 0 spiro atoms. The van der Waals surface area contributed by atoms with Gasteiger partial charge in [0.25, 0.3) is 0 Å². The molecule has 63 heavy (non-hydrogen) atoms. The lowest BCUT2D eigenvalue weighted by molar-refractivity contribution is 0.669. The molecule has 0 amide bonds. The fourth-order valence-electron chi connectivity index (χ4n) is 9.49. The summed E-state index contributed by atoms with van der Waals surface area (Å²) in [6.45, 7) is 0. The summed E-state index contributed by atoms with van der Waals surface area (Å²) in [6.07, 6.45) is 0. The predicted molar refractivity (Wildman–Crippen MR) is 258 cm³/mol. The highest BCUT2D eigenvalue weighted by Crippen LogP contribution is 2.42. The molecule has 0 aliphatic rings. The molecule has 0 aliphatic heterocycles. The average molecular weight is 806 g/mol. The van der Waals surface area contributed by atoms with Crippen molar-refractivity contribution in [2.45, 2.75) is 0 Å². The van der Waals surface area contributed by atoms with Gasteiger partial charge in [0.05, 0.1) is 22.1 Å². The largest absolute Gasteiger partial charge is 0.456 e. The van der Waals surface area contributed by atoms with Crippen LogP contribution in [0.1, 0.15) is 0 Å². The number of hydrogen-bond donors (Lipinski definition) is 0. The molecule has 9 aromatic carbocycles. The summed E-state index contributed by atoms with van der Waals surface area (Å²) in [6, 6.07) is 74.5. The highest BCUT2D eigenvalue weighted by molar-refractivity contribution is 6.23. The van der Waals surface area contributed by atoms with E-state index in [1.807, 2.05) is 30.3 Å². The van der Waals surface area contributed by atoms with Crippen LogP contribution in [0.3, 0.4) is 0 Å². The zero-order valence-electron chi connectivity index (χ0n) is 33.9. The lowest BCUT2D eigenvalue weighted by Gasteiger charge is -2.14. The summed E-state index contributed by atoms with van der Waals surface area (Å²) < 4.78 is 10.8. The van der Waals surface area contributed by atoms with E-state index in [1.165, 1.54) is 10.9 Å². The molecule has 0 saturated heterocycles. The maximum Gasteiger partial charge on any atom is 0.238 e. The number of para-hydroxylation sites is 3. The third kappa shape index (κ3) is 5.62. The smallest absolute Gasteiger partial charge is 0.238 e. The molecular weight excluding hydrogens is 771 g/mol. The lowest BCUT2D eigenvalue weighted by Crippen LogP contribution is -2.07. The van der Waals surface area contributed by atoms with Gasteiger partial charge < -0.3 is 8.98 Å². The van der Waals surface area contributed by atoms with Gasteiger partial charge in [-0.2, -0.15) is 9.97 Å². The van der Waals surface area contributed by atoms with Gasteiger partial charge in [-0.3, -0.25) is 4.57 Å². The number of nitrogens with zero attached hydrogens (tertiary/aromatic N) is 5. The van der Waals surface area contributed by atoms with Gasteiger partial charge in [-0.15, -0.1) is 0 Å². The first-order valence-electron chi connectivity index (χ1n) is 21.2. The summed E-state index contributed by atoms with van der Waals surface area (Å²) in [4.78, 5) is 16.0. The Balaban J connectivity index is 1.08. The number of aromatic nitrogens is 5. The number of rotatable bonds is 6. The highest BCUT2D eigenvalue weighted by atomic mass is 16.3. The minimum Gasteiger partial charge on any atom is -0.456 e. The van der Waals surface area contributed by atoms with E-state index < -0.39 is 0 Å². The number of hydrogen-bond acceptors (Lipinski definition) is 4. The average Bonchev–Trinajstić information content (AvgIpc) is 4.02. The van der Waals surface area contributed by atoms with E-state index in [9.17, 15) is 0 Å².